The third kappa shape index (κ3) is 25.4. The minimum atomic E-state index is -2.69. The standard InChI is InChI=1S/C78H130N6O54/c1-18-41(98)53(110)57(114)74(120-18)118-17-34-62(50(107)35(68(117)122-34)79-20(3)92)132-71-38(82-23(6)95)52(109)61(31(14-90)127-71)133-76-59(116)65(136-78-67(56(113)46(103)29(12-88)126-78)138-72-39(83-24(7)96)51(108)60(30(13-89)128-72)131-69-36(80-21(4)93)48(105)43(100)26(9-85)123-69)47(104)33(130-76)16-119-77-66(55(112)45(102)28(11-87)125-77)137-73-40(84-25(8)97)64(135-75-58(115)54(111)42(99)19(2)121-75)63(32(15-91)129-73)134-70-37(81-22(5)94)49(106)44(101)27(10-86)124-70/h18-19,26-78,85-91,98-117H,9-17H2,1-8H3,(H,79,92)(H,80,93)(H,81,94)(H,82,95)(H,83,96)(H,84,97)/t18-,19-,26+,27+,28+,29+,30+,31+,32+,33+,34+,35+,36+,37+,38+,39+,40+,41+,42+,43-,44-,45+,46+,47+,48+,49+,50+,51+,52+,53+,54+,55-,56-,57-,58?,59-,60+,61+,62+,63+,64+,65-,66-,67-,68?,69-,70-,71-,72-,73-,74+,75-,76-,77-,78+/m0/s1. The zero-order valence-corrected chi connectivity index (χ0v) is 75.2. The predicted molar refractivity (Wildman–Crippen MR) is 429 cm³/mol. The van der Waals surface area contributed by atoms with Crippen LogP contribution in [0.3, 0.4) is 0 Å². The van der Waals surface area contributed by atoms with Crippen molar-refractivity contribution in [1.29, 1.82) is 0 Å². The van der Waals surface area contributed by atoms with Crippen molar-refractivity contribution in [1.82, 2.24) is 31.9 Å². The van der Waals surface area contributed by atoms with Crippen molar-refractivity contribution in [3.63, 3.8) is 0 Å². The van der Waals surface area contributed by atoms with Gasteiger partial charge in [-0.2, -0.15) is 0 Å². The Hall–Kier alpha value is -5.10. The summed E-state index contributed by atoms with van der Waals surface area (Å²) in [7, 11) is 0. The molecule has 0 saturated carbocycles. The minimum Gasteiger partial charge on any atom is -0.394 e. The number of carbonyl (C=O) groups is 6. The van der Waals surface area contributed by atoms with E-state index in [1.54, 1.807) is 0 Å². The fraction of sp³-hybridized carbons (Fsp3) is 0.923. The Morgan fingerprint density at radius 3 is 0.891 bits per heavy atom. The molecule has 0 aromatic heterocycles. The van der Waals surface area contributed by atoms with Crippen LogP contribution in [-0.2, 0) is 128 Å². The summed E-state index contributed by atoms with van der Waals surface area (Å²) >= 11 is 0. The van der Waals surface area contributed by atoms with Crippen LogP contribution >= 0.6 is 0 Å². The number of rotatable bonds is 35. The van der Waals surface area contributed by atoms with Gasteiger partial charge in [-0.3, -0.25) is 28.8 Å². The maximum absolute atomic E-state index is 13.7. The molecule has 11 fully saturated rings. The first-order valence-electron chi connectivity index (χ1n) is 44.3. The Morgan fingerprint density at radius 2 is 0.471 bits per heavy atom. The summed E-state index contributed by atoms with van der Waals surface area (Å²) in [6, 6.07) is -11.4. The molecule has 11 rings (SSSR count). The first kappa shape index (κ1) is 113. The van der Waals surface area contributed by atoms with Crippen molar-refractivity contribution in [3.8, 4) is 0 Å². The molecule has 0 aromatic rings. The second-order valence-corrected chi connectivity index (χ2v) is 35.3. The van der Waals surface area contributed by atoms with Crippen molar-refractivity contribution in [2.24, 2.45) is 0 Å². The van der Waals surface area contributed by atoms with Crippen LogP contribution in [0.1, 0.15) is 55.4 Å². The minimum absolute atomic E-state index is 0.836. The second kappa shape index (κ2) is 49.4. The van der Waals surface area contributed by atoms with Gasteiger partial charge in [0.2, 0.25) is 35.4 Å². The van der Waals surface area contributed by atoms with Gasteiger partial charge < -0.3 is 269 Å². The molecule has 0 aliphatic carbocycles. The molecule has 0 spiro atoms. The highest BCUT2D eigenvalue weighted by Crippen LogP contribution is 2.42. The number of carbonyl (C=O) groups excluding carboxylic acids is 6. The van der Waals surface area contributed by atoms with E-state index in [0.717, 1.165) is 41.5 Å². The third-order valence-corrected chi connectivity index (χ3v) is 25.3. The molecule has 6 amide bonds. The number of hydrogen-bond acceptors (Lipinski definition) is 54. The molecule has 11 aliphatic heterocycles. The number of ether oxygens (including phenoxy) is 21. The molecule has 60 heteroatoms. The van der Waals surface area contributed by atoms with E-state index in [1.807, 2.05) is 0 Å². The van der Waals surface area contributed by atoms with Gasteiger partial charge in [0.1, 0.15) is 256 Å². The van der Waals surface area contributed by atoms with Crippen molar-refractivity contribution in [2.75, 3.05) is 59.5 Å². The Bertz CT molecular complexity index is 3880. The third-order valence-electron chi connectivity index (χ3n) is 25.3. The van der Waals surface area contributed by atoms with Crippen LogP contribution < -0.4 is 31.9 Å². The molecular weight excluding hydrogens is 1880 g/mol. The van der Waals surface area contributed by atoms with E-state index >= 15 is 0 Å². The second-order valence-electron chi connectivity index (χ2n) is 35.3. The highest BCUT2D eigenvalue weighted by molar-refractivity contribution is 5.75. The van der Waals surface area contributed by atoms with Gasteiger partial charge in [-0.05, 0) is 13.8 Å². The van der Waals surface area contributed by atoms with Gasteiger partial charge in [-0.15, -0.1) is 0 Å². The number of hydrogen-bond donors (Lipinski definition) is 33. The van der Waals surface area contributed by atoms with Gasteiger partial charge in [0.05, 0.1) is 71.7 Å². The van der Waals surface area contributed by atoms with Gasteiger partial charge in [-0.25, -0.2) is 0 Å². The summed E-state index contributed by atoms with van der Waals surface area (Å²) in [4.78, 5) is 78.0. The molecule has 2 unspecified atom stereocenters. The average molecular weight is 2020 g/mol. The highest BCUT2D eigenvalue weighted by atomic mass is 16.8. The van der Waals surface area contributed by atoms with E-state index < -0.39 is 432 Å². The lowest BCUT2D eigenvalue weighted by atomic mass is 9.93. The lowest BCUT2D eigenvalue weighted by molar-refractivity contribution is -0.399. The number of nitrogens with one attached hydrogen (secondary N) is 6. The molecule has 11 saturated heterocycles. The van der Waals surface area contributed by atoms with E-state index in [1.165, 1.54) is 13.8 Å². The van der Waals surface area contributed by atoms with Crippen molar-refractivity contribution in [2.45, 2.75) is 393 Å². The fourth-order valence-corrected chi connectivity index (χ4v) is 18.0. The van der Waals surface area contributed by atoms with E-state index in [0.29, 0.717) is 0 Å². The Labute approximate surface area is 783 Å². The molecule has 0 aromatic carbocycles. The summed E-state index contributed by atoms with van der Waals surface area (Å²) < 4.78 is 128. The SMILES string of the molecule is CC(=O)N[C@H]1[C@H](O[C@H]2[C@H](O)[C@@H](NC(C)=O)C(O)O[C@@H]2CO[C@@H]2O[C@@H](C)[C@@H](O)[C@@H](O)[C@@H]2O)O[C@H](CO)[C@@H](O[C@@H]2O[C@H](CO[C@H]3O[C@H](CO)[C@@H](O)[C@H](O)[C@@H]3O[C@@H]3O[C@H](CO)[C@@H](O[C@@H]4O[C@H](CO)[C@H](O)[C@H](O)[C@H]4NC(C)=O)[C@H](O[C@@H]4O[C@@H](C)[C@@H](O)[C@@H](O)C4O)[C@H]3NC(C)=O)[C@@H](O)[C@H](O[C@H]3O[C@H](CO)[C@@H](O)[C@H](O)[C@@H]3O[C@@H]3O[C@H](CO)[C@@H](O[C@@H]4O[C@H](CO)[C@H](O)[C@H](O)[C@H]4NC(C)=O)[C@H](O)[C@H]3NC(C)=O)[C@@H]2O)[C@@H]1O. The van der Waals surface area contributed by atoms with Crippen molar-refractivity contribution < 1.29 is 266 Å². The van der Waals surface area contributed by atoms with Crippen LogP contribution in [0.4, 0.5) is 0 Å². The first-order chi connectivity index (χ1) is 65.1. The molecule has 0 radical (unpaired) electrons. The molecule has 0 bridgehead atoms. The van der Waals surface area contributed by atoms with E-state index in [-0.39, 0.29) is 0 Å². The molecule has 11 aliphatic rings. The predicted octanol–water partition coefficient (Wildman–Crippen LogP) is -22.1. The Kier molecular flexibility index (Phi) is 40.5. The molecule has 55 atom stereocenters. The molecule has 138 heavy (non-hydrogen) atoms. The first-order valence-corrected chi connectivity index (χ1v) is 44.3. The maximum atomic E-state index is 13.7. The van der Waals surface area contributed by atoms with Crippen LogP contribution in [0.2, 0.25) is 0 Å². The fourth-order valence-electron chi connectivity index (χ4n) is 18.0. The van der Waals surface area contributed by atoms with Crippen LogP contribution in [0, 0.1) is 0 Å². The Morgan fingerprint density at radius 1 is 0.203 bits per heavy atom. The van der Waals surface area contributed by atoms with E-state index in [9.17, 15) is 167 Å². The van der Waals surface area contributed by atoms with Gasteiger partial charge >= 0.3 is 0 Å². The number of aliphatic hydroxyl groups is 27. The molecular formula is C78H130N6O54. The van der Waals surface area contributed by atoms with Gasteiger partial charge in [0, 0.05) is 41.5 Å². The monoisotopic (exact) mass is 2010 g/mol. The number of aliphatic hydroxyl groups excluding tert-OH is 27. The quantitative estimate of drug-likeness (QED) is 0.0280. The van der Waals surface area contributed by atoms with Gasteiger partial charge in [0.25, 0.3) is 0 Å². The average Bonchev–Trinajstić information content (AvgIpc) is 0.762. The summed E-state index contributed by atoms with van der Waals surface area (Å²) in [5.41, 5.74) is 0. The normalized spacial score (nSPS) is 48.6. The summed E-state index contributed by atoms with van der Waals surface area (Å²) in [6.07, 6.45) is -103. The van der Waals surface area contributed by atoms with Gasteiger partial charge in [-0.1, -0.05) is 0 Å². The van der Waals surface area contributed by atoms with Crippen LogP contribution in [-0.4, -0.2) is 570 Å². The summed E-state index contributed by atoms with van der Waals surface area (Å²) in [6.45, 7) is -2.16. The molecule has 33 N–H and O–H groups in total. The zero-order valence-electron chi connectivity index (χ0n) is 75.2. The Balaban J connectivity index is 0.958. The van der Waals surface area contributed by atoms with Crippen molar-refractivity contribution >= 4 is 35.4 Å². The van der Waals surface area contributed by atoms with Crippen LogP contribution in [0.25, 0.3) is 0 Å². The summed E-state index contributed by atoms with van der Waals surface area (Å²) in [5, 5.41) is 321. The number of amides is 6. The summed E-state index contributed by atoms with van der Waals surface area (Å²) in [5.74, 6) is -5.61. The van der Waals surface area contributed by atoms with E-state index in [2.05, 4.69) is 31.9 Å². The molecule has 796 valence electrons. The lowest BCUT2D eigenvalue weighted by Gasteiger charge is -2.52. The van der Waals surface area contributed by atoms with Crippen molar-refractivity contribution in [3.05, 3.63) is 0 Å². The van der Waals surface area contributed by atoms with Crippen LogP contribution in [0.15, 0.2) is 0 Å². The van der Waals surface area contributed by atoms with Crippen LogP contribution in [0.5, 0.6) is 0 Å². The zero-order chi connectivity index (χ0) is 102. The lowest BCUT2D eigenvalue weighted by Crippen LogP contribution is -2.72. The molecule has 11 heterocycles. The topological polar surface area (TPSA) is 915 Å². The molecule has 60 nitrogen and oxygen atoms in total. The largest absolute Gasteiger partial charge is 0.394 e. The van der Waals surface area contributed by atoms with Gasteiger partial charge in [0.15, 0.2) is 69.2 Å². The smallest absolute Gasteiger partial charge is 0.217 e. The maximum Gasteiger partial charge on any atom is 0.217 e. The van der Waals surface area contributed by atoms with E-state index in [4.69, 9.17) is 99.5 Å². The highest BCUT2D eigenvalue weighted by Gasteiger charge is 2.63.